The van der Waals surface area contributed by atoms with Gasteiger partial charge in [0.2, 0.25) is 0 Å². The van der Waals surface area contributed by atoms with Crippen LogP contribution in [0.3, 0.4) is 0 Å². The molecule has 0 fully saturated rings. The molecule has 1 unspecified atom stereocenters. The van der Waals surface area contributed by atoms with Crippen molar-refractivity contribution in [1.82, 2.24) is 4.90 Å². The molecule has 1 atom stereocenters. The molecule has 0 heterocycles. The van der Waals surface area contributed by atoms with Crippen LogP contribution >= 0.6 is 0 Å². The summed E-state index contributed by atoms with van der Waals surface area (Å²) in [7, 11) is 4.21. The molecule has 0 aliphatic carbocycles. The molecule has 0 saturated heterocycles. The molecule has 0 amide bonds. The summed E-state index contributed by atoms with van der Waals surface area (Å²) in [6, 6.07) is 0. The van der Waals surface area contributed by atoms with Gasteiger partial charge < -0.3 is 19.1 Å². The fourth-order valence-corrected chi connectivity index (χ4v) is 7.56. The van der Waals surface area contributed by atoms with E-state index in [1.165, 1.54) is 51.4 Å². The lowest BCUT2D eigenvalue weighted by molar-refractivity contribution is -0.152. The van der Waals surface area contributed by atoms with Gasteiger partial charge in [0.05, 0.1) is 19.6 Å². The number of carbonyl (C=O) groups is 3. The summed E-state index contributed by atoms with van der Waals surface area (Å²) in [4.78, 5) is 39.3. The second-order valence-corrected chi connectivity index (χ2v) is 17.3. The maximum absolute atomic E-state index is 13.2. The number of rotatable bonds is 39. The number of ether oxygens (including phenoxy) is 3. The summed E-state index contributed by atoms with van der Waals surface area (Å²) in [6.07, 6.45) is 31.8. The van der Waals surface area contributed by atoms with E-state index in [9.17, 15) is 14.4 Å². The molecule has 7 heteroatoms. The zero-order valence-corrected chi connectivity index (χ0v) is 36.4. The summed E-state index contributed by atoms with van der Waals surface area (Å²) in [6.45, 7) is 13.2. The zero-order chi connectivity index (χ0) is 39.4. The lowest BCUT2D eigenvalue weighted by Gasteiger charge is -2.29. The molecule has 314 valence electrons. The van der Waals surface area contributed by atoms with Gasteiger partial charge >= 0.3 is 17.9 Å². The SMILES string of the molecule is CCCCCCCCC(=O)OCCCCCCCCC(CCCCCCCCOC(=O)CCCCCCCC)OC(=O)CC(C)(C)CC(C)CN(C)C. The molecule has 0 rings (SSSR count). The number of nitrogens with zero attached hydrogens (tertiary/aromatic N) is 1. The van der Waals surface area contributed by atoms with Crippen molar-refractivity contribution in [2.24, 2.45) is 11.3 Å². The van der Waals surface area contributed by atoms with Crippen LogP contribution in [0.15, 0.2) is 0 Å². The Labute approximate surface area is 329 Å². The van der Waals surface area contributed by atoms with E-state index in [2.05, 4.69) is 53.6 Å². The average molecular weight is 752 g/mol. The number of carbonyl (C=O) groups excluding carboxylic acids is 3. The van der Waals surface area contributed by atoms with Gasteiger partial charge in [-0.15, -0.1) is 0 Å². The number of unbranched alkanes of at least 4 members (excludes halogenated alkanes) is 20. The fraction of sp³-hybridized carbons (Fsp3) is 0.935. The number of hydrogen-bond donors (Lipinski definition) is 0. The van der Waals surface area contributed by atoms with E-state index in [-0.39, 0.29) is 29.4 Å². The van der Waals surface area contributed by atoms with Gasteiger partial charge in [-0.3, -0.25) is 14.4 Å². The molecule has 0 N–H and O–H groups in total. The first-order chi connectivity index (χ1) is 25.5. The monoisotopic (exact) mass is 752 g/mol. The third-order valence-electron chi connectivity index (χ3n) is 10.3. The second kappa shape index (κ2) is 36.0. The molecule has 0 aromatic heterocycles. The molecule has 0 spiro atoms. The Morgan fingerprint density at radius 3 is 1.32 bits per heavy atom. The highest BCUT2D eigenvalue weighted by Gasteiger charge is 2.27. The maximum Gasteiger partial charge on any atom is 0.306 e. The van der Waals surface area contributed by atoms with E-state index in [1.807, 2.05) is 0 Å². The predicted octanol–water partition coefficient (Wildman–Crippen LogP) is 13.0. The van der Waals surface area contributed by atoms with Crippen LogP contribution in [0.2, 0.25) is 0 Å². The van der Waals surface area contributed by atoms with Crippen LogP contribution in [0.4, 0.5) is 0 Å². The molecule has 0 bridgehead atoms. The minimum absolute atomic E-state index is 0.00499. The highest BCUT2D eigenvalue weighted by atomic mass is 16.5. The Hall–Kier alpha value is -1.63. The van der Waals surface area contributed by atoms with Crippen LogP contribution in [0, 0.1) is 11.3 Å². The van der Waals surface area contributed by atoms with Gasteiger partial charge in [-0.1, -0.05) is 150 Å². The Bertz CT molecular complexity index is 813. The van der Waals surface area contributed by atoms with Crippen LogP contribution < -0.4 is 0 Å². The van der Waals surface area contributed by atoms with E-state index in [0.717, 1.165) is 129 Å². The van der Waals surface area contributed by atoms with Gasteiger partial charge in [-0.05, 0) is 83.2 Å². The summed E-state index contributed by atoms with van der Waals surface area (Å²) >= 11 is 0. The topological polar surface area (TPSA) is 82.1 Å². The number of hydrogen-bond acceptors (Lipinski definition) is 7. The van der Waals surface area contributed by atoms with Crippen LogP contribution in [-0.4, -0.2) is 62.8 Å². The lowest BCUT2D eigenvalue weighted by atomic mass is 9.80. The van der Waals surface area contributed by atoms with Gasteiger partial charge in [0.15, 0.2) is 0 Å². The van der Waals surface area contributed by atoms with Crippen molar-refractivity contribution >= 4 is 17.9 Å². The van der Waals surface area contributed by atoms with Crippen molar-refractivity contribution in [2.75, 3.05) is 33.9 Å². The summed E-state index contributed by atoms with van der Waals surface area (Å²) in [5.41, 5.74) is -0.0811. The van der Waals surface area contributed by atoms with Gasteiger partial charge in [0.1, 0.15) is 6.10 Å². The molecule has 0 aliphatic rings. The van der Waals surface area contributed by atoms with Gasteiger partial charge in [-0.25, -0.2) is 0 Å². The van der Waals surface area contributed by atoms with E-state index in [4.69, 9.17) is 14.2 Å². The van der Waals surface area contributed by atoms with Crippen molar-refractivity contribution in [3.8, 4) is 0 Å². The minimum Gasteiger partial charge on any atom is -0.466 e. The first-order valence-corrected chi connectivity index (χ1v) is 22.6. The smallest absolute Gasteiger partial charge is 0.306 e. The van der Waals surface area contributed by atoms with Gasteiger partial charge in [-0.2, -0.15) is 0 Å². The normalized spacial score (nSPS) is 12.4. The van der Waals surface area contributed by atoms with Gasteiger partial charge in [0, 0.05) is 19.4 Å². The van der Waals surface area contributed by atoms with Crippen molar-refractivity contribution in [1.29, 1.82) is 0 Å². The molecular weight excluding hydrogens is 663 g/mol. The zero-order valence-electron chi connectivity index (χ0n) is 36.4. The van der Waals surface area contributed by atoms with Crippen LogP contribution in [0.5, 0.6) is 0 Å². The maximum atomic E-state index is 13.2. The first kappa shape index (κ1) is 51.4. The Morgan fingerprint density at radius 2 is 0.906 bits per heavy atom. The third kappa shape index (κ3) is 37.1. The quantitative estimate of drug-likeness (QED) is 0.0351. The highest BCUT2D eigenvalue weighted by Crippen LogP contribution is 2.31. The second-order valence-electron chi connectivity index (χ2n) is 17.3. The highest BCUT2D eigenvalue weighted by molar-refractivity contribution is 5.70. The third-order valence-corrected chi connectivity index (χ3v) is 10.3. The molecule has 0 aliphatic heterocycles. The van der Waals surface area contributed by atoms with Crippen LogP contribution in [0.1, 0.15) is 227 Å². The molecule has 0 aromatic carbocycles. The van der Waals surface area contributed by atoms with Crippen LogP contribution in [-0.2, 0) is 28.6 Å². The largest absolute Gasteiger partial charge is 0.466 e. The minimum atomic E-state index is -0.0811. The lowest BCUT2D eigenvalue weighted by Crippen LogP contribution is -2.28. The first-order valence-electron chi connectivity index (χ1n) is 22.6. The molecule has 53 heavy (non-hydrogen) atoms. The van der Waals surface area contributed by atoms with E-state index in [0.29, 0.717) is 38.4 Å². The van der Waals surface area contributed by atoms with Crippen LogP contribution in [0.25, 0.3) is 0 Å². The Morgan fingerprint density at radius 1 is 0.528 bits per heavy atom. The summed E-state index contributed by atoms with van der Waals surface area (Å²) in [5, 5.41) is 0. The van der Waals surface area contributed by atoms with Crippen molar-refractivity contribution in [3.05, 3.63) is 0 Å². The number of esters is 3. The molecule has 7 nitrogen and oxygen atoms in total. The average Bonchev–Trinajstić information content (AvgIpc) is 3.08. The summed E-state index contributed by atoms with van der Waals surface area (Å²) in [5.74, 6) is 0.403. The van der Waals surface area contributed by atoms with Crippen molar-refractivity contribution in [3.63, 3.8) is 0 Å². The Balaban J connectivity index is 4.37. The summed E-state index contributed by atoms with van der Waals surface area (Å²) < 4.78 is 17.1. The van der Waals surface area contributed by atoms with Crippen molar-refractivity contribution in [2.45, 2.75) is 233 Å². The van der Waals surface area contributed by atoms with E-state index < -0.39 is 0 Å². The molecule has 0 radical (unpaired) electrons. The van der Waals surface area contributed by atoms with E-state index >= 15 is 0 Å². The predicted molar refractivity (Wildman–Crippen MR) is 223 cm³/mol. The van der Waals surface area contributed by atoms with Gasteiger partial charge in [0.25, 0.3) is 0 Å². The standard InChI is InChI=1S/C46H89NO6/c1-8-10-12-14-22-28-34-43(48)51-36-30-24-18-16-20-26-32-42(53-45(50)39-46(4,5)38-41(3)40-47(6)7)33-27-21-17-19-25-31-37-52-44(49)35-29-23-15-13-11-9-2/h41-42H,8-40H2,1-7H3. The van der Waals surface area contributed by atoms with Crippen molar-refractivity contribution < 1.29 is 28.6 Å². The fourth-order valence-electron chi connectivity index (χ4n) is 7.56. The molecular formula is C46H89NO6. The van der Waals surface area contributed by atoms with E-state index in [1.54, 1.807) is 0 Å². The molecule has 0 saturated carbocycles. The Kier molecular flexibility index (Phi) is 34.9. The molecule has 0 aromatic rings.